The summed E-state index contributed by atoms with van der Waals surface area (Å²) in [6.07, 6.45) is 0. The Labute approximate surface area is 139 Å². The quantitative estimate of drug-likeness (QED) is 0.412. The highest BCUT2D eigenvalue weighted by molar-refractivity contribution is 6.78. The maximum atomic E-state index is 12.8. The van der Waals surface area contributed by atoms with E-state index < -0.39 is 8.07 Å². The molecule has 0 saturated heterocycles. The van der Waals surface area contributed by atoms with Gasteiger partial charge in [0.05, 0.1) is 14.0 Å². The molecule has 2 nitrogen and oxygen atoms in total. The van der Waals surface area contributed by atoms with Gasteiger partial charge in [-0.1, -0.05) is 65.0 Å². The molecule has 2 aliphatic carbocycles. The third kappa shape index (κ3) is 1.57. The lowest BCUT2D eigenvalue weighted by molar-refractivity contribution is -0.142. The summed E-state index contributed by atoms with van der Waals surface area (Å²) >= 11 is 0. The van der Waals surface area contributed by atoms with E-state index >= 15 is 0 Å². The Hall–Kier alpha value is -1.35. The van der Waals surface area contributed by atoms with E-state index in [1.54, 1.807) is 0 Å². The molecule has 1 aliphatic heterocycles. The van der Waals surface area contributed by atoms with Crippen molar-refractivity contribution in [2.75, 3.05) is 0 Å². The first kappa shape index (κ1) is 15.2. The Kier molecular flexibility index (Phi) is 2.64. The largest absolute Gasteiger partial charge is 0.425 e. The van der Waals surface area contributed by atoms with Gasteiger partial charge in [-0.2, -0.15) is 0 Å². The number of esters is 1. The molecule has 0 bridgehead atoms. The number of hydrogen-bond donors (Lipinski definition) is 0. The van der Waals surface area contributed by atoms with E-state index in [2.05, 4.69) is 59.5 Å². The normalized spacial score (nSPS) is 29.6. The summed E-state index contributed by atoms with van der Waals surface area (Å²) < 4.78 is 5.79. The second-order valence-electron chi connectivity index (χ2n) is 9.55. The van der Waals surface area contributed by atoms with Crippen LogP contribution in [0, 0.1) is 16.7 Å². The third-order valence-electron chi connectivity index (χ3n) is 6.82. The van der Waals surface area contributed by atoms with Gasteiger partial charge in [-0.15, -0.1) is 0 Å². The first-order valence-electron chi connectivity index (χ1n) is 8.59. The van der Waals surface area contributed by atoms with Crippen LogP contribution in [0.3, 0.4) is 0 Å². The van der Waals surface area contributed by atoms with Crippen LogP contribution in [0.15, 0.2) is 23.8 Å². The minimum Gasteiger partial charge on any atom is -0.425 e. The van der Waals surface area contributed by atoms with Gasteiger partial charge >= 0.3 is 5.97 Å². The smallest absolute Gasteiger partial charge is 0.319 e. The van der Waals surface area contributed by atoms with Crippen molar-refractivity contribution >= 4 is 19.6 Å². The van der Waals surface area contributed by atoms with Gasteiger partial charge in [0.1, 0.15) is 5.75 Å². The van der Waals surface area contributed by atoms with Crippen molar-refractivity contribution in [1.82, 2.24) is 0 Å². The van der Waals surface area contributed by atoms with Crippen LogP contribution in [0.2, 0.25) is 19.6 Å². The van der Waals surface area contributed by atoms with Crippen LogP contribution < -0.4 is 4.74 Å². The predicted molar refractivity (Wildman–Crippen MR) is 96.1 cm³/mol. The fourth-order valence-electron chi connectivity index (χ4n) is 5.15. The van der Waals surface area contributed by atoms with Gasteiger partial charge in [-0.25, -0.2) is 0 Å². The molecule has 0 saturated carbocycles. The zero-order valence-electron chi connectivity index (χ0n) is 15.2. The Morgan fingerprint density at radius 3 is 2.35 bits per heavy atom. The van der Waals surface area contributed by atoms with Crippen molar-refractivity contribution in [3.8, 4) is 5.75 Å². The van der Waals surface area contributed by atoms with Crippen LogP contribution in [-0.2, 0) is 4.79 Å². The topological polar surface area (TPSA) is 26.3 Å². The Balaban J connectivity index is 2.12. The molecule has 1 aromatic rings. The summed E-state index contributed by atoms with van der Waals surface area (Å²) in [5.74, 6) is 0.599. The fourth-order valence-corrected chi connectivity index (χ4v) is 7.71. The van der Waals surface area contributed by atoms with Crippen molar-refractivity contribution in [3.05, 3.63) is 34.9 Å². The number of carbonyl (C=O) groups is 1. The molecular formula is C20H26O2Si. The molecule has 0 spiro atoms. The molecule has 1 aromatic carbocycles. The standard InChI is InChI=1S/C20H26O2Si/c1-19(2)15-14-13-11(17(15)23(5,6)7)9-8-10-12(13)22-18(21)16(14)20(19,3)4/h8-10,16-17H,1-7H3/t16-,17-/m0/s1. The third-order valence-corrected chi connectivity index (χ3v) is 9.16. The molecule has 2 atom stereocenters. The molecular weight excluding hydrogens is 300 g/mol. The van der Waals surface area contributed by atoms with Crippen LogP contribution in [0.5, 0.6) is 5.75 Å². The van der Waals surface area contributed by atoms with E-state index in [1.165, 1.54) is 22.3 Å². The number of hydrogen-bond acceptors (Lipinski definition) is 2. The molecule has 0 aromatic heterocycles. The summed E-state index contributed by atoms with van der Waals surface area (Å²) in [7, 11) is -1.48. The molecule has 3 aliphatic rings. The molecule has 0 N–H and O–H groups in total. The average Bonchev–Trinajstić information content (AvgIpc) is 2.81. The minimum absolute atomic E-state index is 0.00238. The summed E-state index contributed by atoms with van der Waals surface area (Å²) in [5.41, 5.74) is 5.88. The van der Waals surface area contributed by atoms with E-state index in [0.717, 1.165) is 5.75 Å². The number of rotatable bonds is 1. The zero-order valence-corrected chi connectivity index (χ0v) is 16.2. The van der Waals surface area contributed by atoms with Crippen molar-refractivity contribution in [3.63, 3.8) is 0 Å². The molecule has 0 fully saturated rings. The van der Waals surface area contributed by atoms with E-state index in [1.807, 2.05) is 6.07 Å². The van der Waals surface area contributed by atoms with Crippen LogP contribution >= 0.6 is 0 Å². The van der Waals surface area contributed by atoms with Crippen LogP contribution in [-0.4, -0.2) is 14.0 Å². The van der Waals surface area contributed by atoms with E-state index in [9.17, 15) is 4.79 Å². The molecule has 0 amide bonds. The Bertz CT molecular complexity index is 777. The lowest BCUT2D eigenvalue weighted by Gasteiger charge is -2.45. The number of carbonyl (C=O) groups excluding carboxylic acids is 1. The van der Waals surface area contributed by atoms with Crippen molar-refractivity contribution in [2.45, 2.75) is 52.9 Å². The first-order chi connectivity index (χ1) is 10.5. The van der Waals surface area contributed by atoms with Crippen LogP contribution in [0.4, 0.5) is 0 Å². The van der Waals surface area contributed by atoms with Crippen LogP contribution in [0.25, 0.3) is 5.57 Å². The van der Waals surface area contributed by atoms with Gasteiger partial charge < -0.3 is 4.74 Å². The van der Waals surface area contributed by atoms with E-state index in [0.29, 0.717) is 5.54 Å². The molecule has 23 heavy (non-hydrogen) atoms. The van der Waals surface area contributed by atoms with Crippen LogP contribution in [0.1, 0.15) is 44.4 Å². The zero-order chi connectivity index (χ0) is 16.9. The van der Waals surface area contributed by atoms with Gasteiger partial charge in [0.25, 0.3) is 0 Å². The molecule has 4 rings (SSSR count). The lowest BCUT2D eigenvalue weighted by Crippen LogP contribution is -2.44. The fraction of sp³-hybridized carbons (Fsp3) is 0.550. The first-order valence-corrected chi connectivity index (χ1v) is 12.2. The van der Waals surface area contributed by atoms with Gasteiger partial charge in [-0.05, 0) is 28.0 Å². The Morgan fingerprint density at radius 1 is 1.09 bits per heavy atom. The maximum Gasteiger partial charge on any atom is 0.319 e. The summed E-state index contributed by atoms with van der Waals surface area (Å²) in [4.78, 5) is 12.8. The van der Waals surface area contributed by atoms with Gasteiger partial charge in [0, 0.05) is 11.1 Å². The monoisotopic (exact) mass is 326 g/mol. The maximum absolute atomic E-state index is 12.8. The minimum atomic E-state index is -1.48. The highest BCUT2D eigenvalue weighted by Crippen LogP contribution is 2.71. The number of allylic oxidation sites excluding steroid dienone is 1. The predicted octanol–water partition coefficient (Wildman–Crippen LogP) is 5.02. The second-order valence-corrected chi connectivity index (χ2v) is 14.9. The van der Waals surface area contributed by atoms with Gasteiger partial charge in [0.2, 0.25) is 0 Å². The van der Waals surface area contributed by atoms with Crippen molar-refractivity contribution < 1.29 is 9.53 Å². The summed E-state index contributed by atoms with van der Waals surface area (Å²) in [5, 5.41) is 0. The summed E-state index contributed by atoms with van der Waals surface area (Å²) in [6.45, 7) is 16.5. The highest BCUT2D eigenvalue weighted by atomic mass is 28.3. The molecule has 3 heteroatoms. The molecule has 0 unspecified atom stereocenters. The second kappa shape index (κ2) is 4.00. The average molecular weight is 327 g/mol. The van der Waals surface area contributed by atoms with Gasteiger partial charge in [-0.3, -0.25) is 4.79 Å². The van der Waals surface area contributed by atoms with E-state index in [4.69, 9.17) is 4.74 Å². The Morgan fingerprint density at radius 2 is 1.74 bits per heavy atom. The SMILES string of the molecule is CC1(C)C2=C3c4c(cccc4[C@@H]2[Si](C)(C)C)OC(=O)[C@H]3C1(C)C. The summed E-state index contributed by atoms with van der Waals surface area (Å²) in [6, 6.07) is 6.27. The van der Waals surface area contributed by atoms with E-state index in [-0.39, 0.29) is 22.7 Å². The lowest BCUT2D eigenvalue weighted by atomic mass is 9.62. The highest BCUT2D eigenvalue weighted by Gasteiger charge is 2.64. The molecule has 122 valence electrons. The van der Waals surface area contributed by atoms with Crippen molar-refractivity contribution in [1.29, 1.82) is 0 Å². The van der Waals surface area contributed by atoms with Gasteiger partial charge in [0.15, 0.2) is 0 Å². The number of ether oxygens (including phenoxy) is 1. The van der Waals surface area contributed by atoms with Crippen molar-refractivity contribution in [2.24, 2.45) is 16.7 Å². The molecule has 0 radical (unpaired) electrons. The molecule has 1 heterocycles. The number of benzene rings is 1.